The van der Waals surface area contributed by atoms with Gasteiger partial charge in [-0.1, -0.05) is 77.1 Å². The molecule has 4 heterocycles. The minimum atomic E-state index is -0.188. The third-order valence-corrected chi connectivity index (χ3v) is 11.2. The Hall–Kier alpha value is -4.90. The number of aromatic nitrogens is 2. The van der Waals surface area contributed by atoms with Crippen molar-refractivity contribution < 1.29 is 9.47 Å². The Morgan fingerprint density at radius 3 is 2.39 bits per heavy atom. The Labute approximate surface area is 288 Å². The highest BCUT2D eigenvalue weighted by molar-refractivity contribution is 6.10. The van der Waals surface area contributed by atoms with Crippen LogP contribution in [0.25, 0.3) is 27.6 Å². The van der Waals surface area contributed by atoms with Crippen molar-refractivity contribution in [1.82, 2.24) is 9.55 Å². The Bertz CT molecular complexity index is 2440. The van der Waals surface area contributed by atoms with E-state index in [4.69, 9.17) is 19.5 Å². The van der Waals surface area contributed by atoms with Gasteiger partial charge in [-0.05, 0) is 108 Å². The minimum absolute atomic E-state index is 0.0443. The molecule has 5 heteroatoms. The topological polar surface area (TPSA) is 48.6 Å². The Morgan fingerprint density at radius 2 is 1.59 bits per heavy atom. The highest BCUT2D eigenvalue weighted by atomic mass is 16.5. The van der Waals surface area contributed by atoms with Gasteiger partial charge in [0, 0.05) is 34.0 Å². The van der Waals surface area contributed by atoms with Crippen LogP contribution < -0.4 is 4.74 Å². The van der Waals surface area contributed by atoms with Crippen molar-refractivity contribution in [2.45, 2.75) is 91.7 Å². The van der Waals surface area contributed by atoms with E-state index >= 15 is 0 Å². The Balaban J connectivity index is 1.12. The normalized spacial score (nSPS) is 18.7. The maximum atomic E-state index is 6.88. The molecule has 0 bridgehead atoms. The van der Waals surface area contributed by atoms with Gasteiger partial charge in [0.05, 0.1) is 17.2 Å². The maximum Gasteiger partial charge on any atom is 0.217 e. The van der Waals surface area contributed by atoms with Gasteiger partial charge in [-0.3, -0.25) is 4.57 Å². The molecule has 2 aromatic heterocycles. The van der Waals surface area contributed by atoms with E-state index < -0.39 is 0 Å². The zero-order valence-electron chi connectivity index (χ0n) is 29.9. The van der Waals surface area contributed by atoms with Crippen molar-refractivity contribution in [3.8, 4) is 17.2 Å². The van der Waals surface area contributed by atoms with Crippen molar-refractivity contribution in [1.29, 1.82) is 0 Å². The van der Waals surface area contributed by atoms with Crippen LogP contribution in [0.2, 0.25) is 0 Å². The predicted octanol–water partition coefficient (Wildman–Crippen LogP) is 10.6. The molecule has 2 atom stereocenters. The van der Waals surface area contributed by atoms with Gasteiger partial charge in [-0.25, -0.2) is 9.98 Å². The largest absolute Gasteiger partial charge is 0.467 e. The molecule has 2 aliphatic heterocycles. The number of aliphatic imine (C=N–C) groups is 1. The summed E-state index contributed by atoms with van der Waals surface area (Å²) >= 11 is 0. The van der Waals surface area contributed by atoms with E-state index in [0.29, 0.717) is 5.90 Å². The average Bonchev–Trinajstić information content (AvgIpc) is 3.71. The maximum absolute atomic E-state index is 6.88. The predicted molar refractivity (Wildman–Crippen MR) is 199 cm³/mol. The van der Waals surface area contributed by atoms with Crippen LogP contribution in [-0.2, 0) is 22.0 Å². The van der Waals surface area contributed by atoms with Crippen molar-refractivity contribution in [3.63, 3.8) is 0 Å². The first-order chi connectivity index (χ1) is 23.3. The lowest BCUT2D eigenvalue weighted by molar-refractivity contribution is 0.209. The van der Waals surface area contributed by atoms with Crippen molar-refractivity contribution in [2.75, 3.05) is 0 Å². The number of hydrogen-bond donors (Lipinski definition) is 0. The quantitative estimate of drug-likeness (QED) is 0.192. The number of benzene rings is 4. The summed E-state index contributed by atoms with van der Waals surface area (Å²) in [7, 11) is 0. The molecule has 246 valence electrons. The van der Waals surface area contributed by atoms with Crippen LogP contribution in [0.5, 0.6) is 11.5 Å². The highest BCUT2D eigenvalue weighted by Gasteiger charge is 2.42. The molecule has 9 rings (SSSR count). The number of aryl methyl sites for hydroxylation is 4. The fourth-order valence-electron chi connectivity index (χ4n) is 8.71. The fraction of sp³-hybridized carbons (Fsp3) is 0.318. The SMILES string of the molecule is Cc1cnc2c(c1)c1cccc3c1n2-c1cc(Oc2cc(C4=N[C@@H]5Cc6c(cccc6C(C)(C)C)[C@@H]5O4)c(C)cc2C)c(C)cc1C3(C)C. The fourth-order valence-corrected chi connectivity index (χ4v) is 8.71. The molecule has 0 spiro atoms. The summed E-state index contributed by atoms with van der Waals surface area (Å²) in [5.41, 5.74) is 15.4. The van der Waals surface area contributed by atoms with Crippen LogP contribution in [-0.4, -0.2) is 21.5 Å². The second-order valence-corrected chi connectivity index (χ2v) is 16.1. The van der Waals surface area contributed by atoms with Crippen LogP contribution in [0.1, 0.15) is 96.4 Å². The van der Waals surface area contributed by atoms with Gasteiger partial charge in [0.15, 0.2) is 0 Å². The number of fused-ring (bicyclic) bond motifs is 8. The van der Waals surface area contributed by atoms with E-state index in [1.807, 2.05) is 6.20 Å². The summed E-state index contributed by atoms with van der Waals surface area (Å²) in [6.07, 6.45) is 2.84. The van der Waals surface area contributed by atoms with E-state index in [1.54, 1.807) is 0 Å². The molecule has 0 saturated heterocycles. The number of pyridine rings is 1. The molecule has 0 N–H and O–H groups in total. The number of para-hydroxylation sites is 1. The third-order valence-electron chi connectivity index (χ3n) is 11.2. The summed E-state index contributed by atoms with van der Waals surface area (Å²) in [6, 6.07) is 24.6. The summed E-state index contributed by atoms with van der Waals surface area (Å²) < 4.78 is 15.9. The molecule has 49 heavy (non-hydrogen) atoms. The Morgan fingerprint density at radius 1 is 0.837 bits per heavy atom. The van der Waals surface area contributed by atoms with Crippen LogP contribution >= 0.6 is 0 Å². The summed E-state index contributed by atoms with van der Waals surface area (Å²) in [4.78, 5) is 10.2. The van der Waals surface area contributed by atoms with Crippen LogP contribution in [0, 0.1) is 27.7 Å². The van der Waals surface area contributed by atoms with Crippen molar-refractivity contribution in [2.24, 2.45) is 4.99 Å². The second kappa shape index (κ2) is 10.1. The van der Waals surface area contributed by atoms with Gasteiger partial charge < -0.3 is 9.47 Å². The van der Waals surface area contributed by atoms with E-state index in [1.165, 1.54) is 44.1 Å². The minimum Gasteiger partial charge on any atom is -0.467 e. The molecule has 0 amide bonds. The van der Waals surface area contributed by atoms with Gasteiger partial charge in [-0.2, -0.15) is 0 Å². The lowest BCUT2D eigenvalue weighted by Gasteiger charge is -2.35. The van der Waals surface area contributed by atoms with Gasteiger partial charge in [0.25, 0.3) is 0 Å². The van der Waals surface area contributed by atoms with Crippen LogP contribution in [0.4, 0.5) is 0 Å². The smallest absolute Gasteiger partial charge is 0.217 e. The van der Waals surface area contributed by atoms with Crippen molar-refractivity contribution in [3.05, 3.63) is 129 Å². The first-order valence-corrected chi connectivity index (χ1v) is 17.5. The lowest BCUT2D eigenvalue weighted by atomic mass is 9.74. The lowest BCUT2D eigenvalue weighted by Crippen LogP contribution is -2.26. The van der Waals surface area contributed by atoms with Crippen molar-refractivity contribution >= 4 is 27.8 Å². The van der Waals surface area contributed by atoms with Gasteiger partial charge >= 0.3 is 0 Å². The molecule has 1 aliphatic carbocycles. The standard InChI is InChI=1S/C44H43N3O2/c1-23-16-31-27-12-10-15-33-39(27)47(41(31)45-22-23)36-21-38(26(4)18-34(36)44(33,8)9)48-37-20-29(24(2)17-25(37)3)42-46-35-19-30-28(40(35)49-42)13-11-14-32(30)43(5,6)7/h10-18,20-22,35,40H,19H2,1-9H3/t35-,40+/m1/s1. The zero-order valence-corrected chi connectivity index (χ0v) is 29.9. The van der Waals surface area contributed by atoms with E-state index in [2.05, 4.69) is 134 Å². The summed E-state index contributed by atoms with van der Waals surface area (Å²) in [5.74, 6) is 2.37. The molecule has 3 aliphatic rings. The molecule has 0 saturated carbocycles. The summed E-state index contributed by atoms with van der Waals surface area (Å²) in [6.45, 7) is 20.0. The number of rotatable bonds is 3. The van der Waals surface area contributed by atoms with Gasteiger partial charge in [0.1, 0.15) is 23.3 Å². The Kier molecular flexibility index (Phi) is 6.20. The molecule has 5 nitrogen and oxygen atoms in total. The first kappa shape index (κ1) is 30.2. The molecular weight excluding hydrogens is 603 g/mol. The highest BCUT2D eigenvalue weighted by Crippen LogP contribution is 2.49. The van der Waals surface area contributed by atoms with E-state index in [-0.39, 0.29) is 23.0 Å². The van der Waals surface area contributed by atoms with Crippen LogP contribution in [0.3, 0.4) is 0 Å². The molecule has 4 aromatic carbocycles. The monoisotopic (exact) mass is 645 g/mol. The van der Waals surface area contributed by atoms with Crippen LogP contribution in [0.15, 0.2) is 77.9 Å². The van der Waals surface area contributed by atoms with E-state index in [0.717, 1.165) is 57.1 Å². The number of ether oxygens (including phenoxy) is 2. The molecular formula is C44H43N3O2. The zero-order chi connectivity index (χ0) is 34.1. The molecule has 0 fully saturated rings. The van der Waals surface area contributed by atoms with E-state index in [9.17, 15) is 0 Å². The second-order valence-electron chi connectivity index (χ2n) is 16.1. The number of hydrogen-bond acceptors (Lipinski definition) is 4. The molecule has 0 unspecified atom stereocenters. The average molecular weight is 646 g/mol. The number of nitrogens with zero attached hydrogens (tertiary/aromatic N) is 3. The molecule has 0 radical (unpaired) electrons. The van der Waals surface area contributed by atoms with Gasteiger partial charge in [-0.15, -0.1) is 0 Å². The van der Waals surface area contributed by atoms with Gasteiger partial charge in [0.2, 0.25) is 5.90 Å². The molecule has 6 aromatic rings. The summed E-state index contributed by atoms with van der Waals surface area (Å²) in [5, 5.41) is 2.42. The third kappa shape index (κ3) is 4.30. The first-order valence-electron chi connectivity index (χ1n) is 17.5.